The van der Waals surface area contributed by atoms with Crippen LogP contribution in [0.2, 0.25) is 5.02 Å². The summed E-state index contributed by atoms with van der Waals surface area (Å²) < 4.78 is 5.38. The van der Waals surface area contributed by atoms with E-state index in [0.29, 0.717) is 55.7 Å². The lowest BCUT2D eigenvalue weighted by atomic mass is 10.1. The number of carbonyl (C=O) groups excluding carboxylic acids is 2. The van der Waals surface area contributed by atoms with Crippen LogP contribution in [0.15, 0.2) is 36.4 Å². The predicted octanol–water partition coefficient (Wildman–Crippen LogP) is 3.43. The first-order chi connectivity index (χ1) is 13.5. The van der Waals surface area contributed by atoms with Gasteiger partial charge < -0.3 is 14.5 Å². The zero-order valence-electron chi connectivity index (χ0n) is 16.2. The summed E-state index contributed by atoms with van der Waals surface area (Å²) >= 11 is 6.20. The number of hydrogen-bond acceptors (Lipinski definition) is 4. The van der Waals surface area contributed by atoms with Crippen LogP contribution in [0.1, 0.15) is 39.8 Å². The molecule has 28 heavy (non-hydrogen) atoms. The number of pyridine rings is 1. The third-order valence-electron chi connectivity index (χ3n) is 4.65. The van der Waals surface area contributed by atoms with E-state index in [1.54, 1.807) is 21.9 Å². The van der Waals surface area contributed by atoms with Gasteiger partial charge in [-0.3, -0.25) is 9.59 Å². The first-order valence-electron chi connectivity index (χ1n) is 9.44. The molecule has 7 heteroatoms. The van der Waals surface area contributed by atoms with Crippen LogP contribution < -0.4 is 4.74 Å². The highest BCUT2D eigenvalue weighted by atomic mass is 35.5. The number of nitrogens with zero attached hydrogens (tertiary/aromatic N) is 3. The van der Waals surface area contributed by atoms with Gasteiger partial charge in [0.15, 0.2) is 5.69 Å². The molecule has 1 fully saturated rings. The van der Waals surface area contributed by atoms with E-state index in [1.807, 2.05) is 38.1 Å². The Morgan fingerprint density at radius 1 is 1.07 bits per heavy atom. The van der Waals surface area contributed by atoms with Crippen LogP contribution in [0.25, 0.3) is 0 Å². The number of carbonyl (C=O) groups is 2. The highest BCUT2D eigenvalue weighted by Crippen LogP contribution is 2.21. The van der Waals surface area contributed by atoms with Gasteiger partial charge in [0, 0.05) is 37.8 Å². The number of halogens is 1. The number of hydrogen-bond donors (Lipinski definition) is 0. The average Bonchev–Trinajstić information content (AvgIpc) is 2.95. The van der Waals surface area contributed by atoms with Gasteiger partial charge in [-0.2, -0.15) is 0 Å². The Morgan fingerprint density at radius 3 is 2.46 bits per heavy atom. The third-order valence-corrected chi connectivity index (χ3v) is 4.96. The normalized spacial score (nSPS) is 14.5. The molecule has 0 N–H and O–H groups in total. The molecule has 0 atom stereocenters. The summed E-state index contributed by atoms with van der Waals surface area (Å²) in [4.78, 5) is 33.5. The van der Waals surface area contributed by atoms with Gasteiger partial charge in [0.2, 0.25) is 5.88 Å². The van der Waals surface area contributed by atoms with Crippen molar-refractivity contribution in [3.63, 3.8) is 0 Å². The van der Waals surface area contributed by atoms with Crippen molar-refractivity contribution in [2.75, 3.05) is 32.8 Å². The molecule has 1 aliphatic rings. The van der Waals surface area contributed by atoms with Crippen LogP contribution in [0.4, 0.5) is 0 Å². The maximum atomic E-state index is 12.9. The minimum absolute atomic E-state index is 0.00694. The second-order valence-electron chi connectivity index (χ2n) is 6.72. The lowest BCUT2D eigenvalue weighted by Crippen LogP contribution is -2.37. The SMILES string of the molecule is CCOc1ccc(Cl)c(C(=O)N2CCCN(C(=O)c3cccc(C)c3)CC2)n1. The van der Waals surface area contributed by atoms with Crippen molar-refractivity contribution in [2.45, 2.75) is 20.3 Å². The molecule has 0 radical (unpaired) electrons. The summed E-state index contributed by atoms with van der Waals surface area (Å²) in [6.45, 7) is 6.35. The van der Waals surface area contributed by atoms with Crippen molar-refractivity contribution in [1.82, 2.24) is 14.8 Å². The fourth-order valence-electron chi connectivity index (χ4n) is 3.24. The zero-order chi connectivity index (χ0) is 20.1. The van der Waals surface area contributed by atoms with Gasteiger partial charge in [-0.15, -0.1) is 0 Å². The molecular formula is C21H24ClN3O3. The Labute approximate surface area is 170 Å². The van der Waals surface area contributed by atoms with Crippen molar-refractivity contribution in [3.05, 3.63) is 58.2 Å². The molecule has 3 rings (SSSR count). The number of amides is 2. The maximum Gasteiger partial charge on any atom is 0.274 e. The Hall–Kier alpha value is -2.60. The van der Waals surface area contributed by atoms with Crippen LogP contribution in [-0.4, -0.2) is 59.4 Å². The van der Waals surface area contributed by atoms with E-state index >= 15 is 0 Å². The second-order valence-corrected chi connectivity index (χ2v) is 7.13. The number of rotatable bonds is 4. The van der Waals surface area contributed by atoms with Crippen LogP contribution in [-0.2, 0) is 0 Å². The molecule has 0 saturated carbocycles. The molecule has 2 aromatic rings. The highest BCUT2D eigenvalue weighted by molar-refractivity contribution is 6.33. The molecule has 2 amide bonds. The van der Waals surface area contributed by atoms with Crippen molar-refractivity contribution >= 4 is 23.4 Å². The predicted molar refractivity (Wildman–Crippen MR) is 108 cm³/mol. The fraction of sp³-hybridized carbons (Fsp3) is 0.381. The smallest absolute Gasteiger partial charge is 0.274 e. The fourth-order valence-corrected chi connectivity index (χ4v) is 3.42. The van der Waals surface area contributed by atoms with Crippen molar-refractivity contribution in [1.29, 1.82) is 0 Å². The minimum atomic E-state index is -0.239. The summed E-state index contributed by atoms with van der Waals surface area (Å²) in [5.41, 5.74) is 1.91. The monoisotopic (exact) mass is 401 g/mol. The molecule has 1 aliphatic heterocycles. The Kier molecular flexibility index (Phi) is 6.52. The van der Waals surface area contributed by atoms with E-state index < -0.39 is 0 Å². The summed E-state index contributed by atoms with van der Waals surface area (Å²) in [5.74, 6) is 0.130. The molecule has 1 saturated heterocycles. The van der Waals surface area contributed by atoms with Crippen LogP contribution in [0.3, 0.4) is 0 Å². The summed E-state index contributed by atoms with van der Waals surface area (Å²) in [7, 11) is 0. The van der Waals surface area contributed by atoms with E-state index in [-0.39, 0.29) is 17.5 Å². The van der Waals surface area contributed by atoms with Crippen LogP contribution >= 0.6 is 11.6 Å². The summed E-state index contributed by atoms with van der Waals surface area (Å²) in [6.07, 6.45) is 0.700. The van der Waals surface area contributed by atoms with Gasteiger partial charge in [0.1, 0.15) is 0 Å². The van der Waals surface area contributed by atoms with Gasteiger partial charge in [-0.25, -0.2) is 4.98 Å². The Bertz CT molecular complexity index is 872. The average molecular weight is 402 g/mol. The topological polar surface area (TPSA) is 62.7 Å². The molecular weight excluding hydrogens is 378 g/mol. The highest BCUT2D eigenvalue weighted by Gasteiger charge is 2.25. The van der Waals surface area contributed by atoms with Gasteiger partial charge in [0.25, 0.3) is 11.8 Å². The van der Waals surface area contributed by atoms with Gasteiger partial charge >= 0.3 is 0 Å². The third kappa shape index (κ3) is 4.62. The minimum Gasteiger partial charge on any atom is -0.478 e. The molecule has 0 aliphatic carbocycles. The number of ether oxygens (including phenoxy) is 1. The first-order valence-corrected chi connectivity index (χ1v) is 9.82. The van der Waals surface area contributed by atoms with E-state index in [4.69, 9.17) is 16.3 Å². The van der Waals surface area contributed by atoms with E-state index in [0.717, 1.165) is 5.56 Å². The van der Waals surface area contributed by atoms with Crippen molar-refractivity contribution < 1.29 is 14.3 Å². The van der Waals surface area contributed by atoms with Crippen molar-refractivity contribution in [3.8, 4) is 5.88 Å². The van der Waals surface area contributed by atoms with Gasteiger partial charge in [-0.05, 0) is 38.5 Å². The molecule has 1 aromatic heterocycles. The Morgan fingerprint density at radius 2 is 1.79 bits per heavy atom. The standard InChI is InChI=1S/C21H24ClN3O3/c1-3-28-18-9-8-17(22)19(23-18)21(27)25-11-5-10-24(12-13-25)20(26)16-7-4-6-15(2)14-16/h4,6-9,14H,3,5,10-13H2,1-2H3. The Balaban J connectivity index is 1.70. The first kappa shape index (κ1) is 20.1. The molecule has 2 heterocycles. The molecule has 6 nitrogen and oxygen atoms in total. The molecule has 0 unspecified atom stereocenters. The van der Waals surface area contributed by atoms with Crippen LogP contribution in [0.5, 0.6) is 5.88 Å². The number of benzene rings is 1. The van der Waals surface area contributed by atoms with Crippen LogP contribution in [0, 0.1) is 6.92 Å². The van der Waals surface area contributed by atoms with Gasteiger partial charge in [-0.1, -0.05) is 29.3 Å². The zero-order valence-corrected chi connectivity index (χ0v) is 16.9. The maximum absolute atomic E-state index is 12.9. The second kappa shape index (κ2) is 9.06. The quantitative estimate of drug-likeness (QED) is 0.787. The molecule has 0 spiro atoms. The lowest BCUT2D eigenvalue weighted by molar-refractivity contribution is 0.0715. The van der Waals surface area contributed by atoms with Gasteiger partial charge in [0.05, 0.1) is 11.6 Å². The molecule has 0 bridgehead atoms. The van der Waals surface area contributed by atoms with Crippen molar-refractivity contribution in [2.24, 2.45) is 0 Å². The number of aryl methyl sites for hydroxylation is 1. The van der Waals surface area contributed by atoms with E-state index in [9.17, 15) is 9.59 Å². The summed E-state index contributed by atoms with van der Waals surface area (Å²) in [5, 5.41) is 0.297. The largest absolute Gasteiger partial charge is 0.478 e. The lowest BCUT2D eigenvalue weighted by Gasteiger charge is -2.22. The molecule has 1 aromatic carbocycles. The molecule has 148 valence electrons. The van der Waals surface area contributed by atoms with E-state index in [2.05, 4.69) is 4.98 Å². The number of aromatic nitrogens is 1. The summed E-state index contributed by atoms with van der Waals surface area (Å²) in [6, 6.07) is 10.8. The van der Waals surface area contributed by atoms with E-state index in [1.165, 1.54) is 0 Å².